The van der Waals surface area contributed by atoms with Crippen molar-refractivity contribution in [2.75, 3.05) is 20.2 Å². The summed E-state index contributed by atoms with van der Waals surface area (Å²) in [7, 11) is 1.57. The lowest BCUT2D eigenvalue weighted by molar-refractivity contribution is 0.0901. The minimum absolute atomic E-state index is 0.128. The van der Waals surface area contributed by atoms with Crippen molar-refractivity contribution in [2.24, 2.45) is 0 Å². The van der Waals surface area contributed by atoms with E-state index in [0.717, 1.165) is 6.54 Å². The third kappa shape index (κ3) is 3.74. The van der Waals surface area contributed by atoms with Gasteiger partial charge in [0.2, 0.25) is 0 Å². The lowest BCUT2D eigenvalue weighted by atomic mass is 10.1. The lowest BCUT2D eigenvalue weighted by Crippen LogP contribution is -2.37. The van der Waals surface area contributed by atoms with Gasteiger partial charge in [-0.15, -0.1) is 0 Å². The highest BCUT2D eigenvalue weighted by atomic mass is 35.5. The van der Waals surface area contributed by atoms with Crippen LogP contribution in [0.15, 0.2) is 18.2 Å². The smallest absolute Gasteiger partial charge is 0.176 e. The van der Waals surface area contributed by atoms with Crippen molar-refractivity contribution in [1.82, 2.24) is 4.90 Å². The number of carbonyl (C=O) groups is 1. The Morgan fingerprint density at radius 1 is 1.40 bits per heavy atom. The number of rotatable bonds is 4. The summed E-state index contributed by atoms with van der Waals surface area (Å²) in [6.45, 7) is 3.69. The molecule has 0 aliphatic carbocycles. The van der Waals surface area contributed by atoms with Gasteiger partial charge in [0.15, 0.2) is 5.78 Å². The molecule has 1 fully saturated rings. The molecule has 4 heteroatoms. The fraction of sp³-hybridized carbons (Fsp3) is 0.562. The fourth-order valence-corrected chi connectivity index (χ4v) is 2.94. The first-order chi connectivity index (χ1) is 9.61. The van der Waals surface area contributed by atoms with Crippen LogP contribution in [0.3, 0.4) is 0 Å². The Bertz CT molecular complexity index is 476. The molecule has 1 aliphatic heterocycles. The minimum Gasteiger partial charge on any atom is -0.495 e. The third-order valence-corrected chi connectivity index (χ3v) is 4.31. The zero-order chi connectivity index (χ0) is 14.5. The molecule has 1 aromatic rings. The first kappa shape index (κ1) is 15.3. The molecule has 0 amide bonds. The first-order valence-electron chi connectivity index (χ1n) is 7.22. The first-order valence-corrected chi connectivity index (χ1v) is 7.60. The second kappa shape index (κ2) is 7.09. The van der Waals surface area contributed by atoms with Crippen LogP contribution >= 0.6 is 11.6 Å². The SMILES string of the molecule is COc1ccc(C(=O)CN2CCCCCC2C)cc1Cl. The molecule has 0 spiro atoms. The summed E-state index contributed by atoms with van der Waals surface area (Å²) in [6, 6.07) is 5.72. The molecule has 0 N–H and O–H groups in total. The number of nitrogens with zero attached hydrogens (tertiary/aromatic N) is 1. The number of ether oxygens (including phenoxy) is 1. The number of likely N-dealkylation sites (tertiary alicyclic amines) is 1. The fourth-order valence-electron chi connectivity index (χ4n) is 2.68. The standard InChI is InChI=1S/C16H22ClNO2/c1-12-6-4-3-5-9-18(12)11-15(19)13-7-8-16(20-2)14(17)10-13/h7-8,10,12H,3-6,9,11H2,1-2H3. The molecule has 1 aliphatic rings. The van der Waals surface area contributed by atoms with E-state index in [1.165, 1.54) is 25.7 Å². The summed E-state index contributed by atoms with van der Waals surface area (Å²) in [6.07, 6.45) is 4.89. The van der Waals surface area contributed by atoms with Gasteiger partial charge in [0.05, 0.1) is 18.7 Å². The Kier molecular flexibility index (Phi) is 5.44. The van der Waals surface area contributed by atoms with Crippen LogP contribution in [-0.4, -0.2) is 36.9 Å². The average Bonchev–Trinajstić information content (AvgIpc) is 2.64. The largest absolute Gasteiger partial charge is 0.495 e. The molecule has 0 bridgehead atoms. The molecular formula is C16H22ClNO2. The summed E-state index contributed by atoms with van der Waals surface area (Å²) >= 11 is 6.08. The van der Waals surface area contributed by atoms with Gasteiger partial charge < -0.3 is 4.74 Å². The van der Waals surface area contributed by atoms with Crippen molar-refractivity contribution in [3.05, 3.63) is 28.8 Å². The van der Waals surface area contributed by atoms with Gasteiger partial charge in [0.25, 0.3) is 0 Å². The van der Waals surface area contributed by atoms with Crippen LogP contribution in [0.1, 0.15) is 43.0 Å². The lowest BCUT2D eigenvalue weighted by Gasteiger charge is -2.26. The van der Waals surface area contributed by atoms with Gasteiger partial charge in [-0.05, 0) is 44.5 Å². The molecule has 3 nitrogen and oxygen atoms in total. The predicted molar refractivity (Wildman–Crippen MR) is 81.8 cm³/mol. The van der Waals surface area contributed by atoms with Crippen molar-refractivity contribution < 1.29 is 9.53 Å². The summed E-state index contributed by atoms with van der Waals surface area (Å²) in [5.74, 6) is 0.731. The van der Waals surface area contributed by atoms with E-state index in [-0.39, 0.29) is 5.78 Å². The predicted octanol–water partition coefficient (Wildman–Crippen LogP) is 3.80. The Morgan fingerprint density at radius 2 is 2.20 bits per heavy atom. The van der Waals surface area contributed by atoms with Gasteiger partial charge in [-0.25, -0.2) is 0 Å². The summed E-state index contributed by atoms with van der Waals surface area (Å²) in [4.78, 5) is 14.7. The third-order valence-electron chi connectivity index (χ3n) is 4.01. The van der Waals surface area contributed by atoms with E-state index in [1.54, 1.807) is 25.3 Å². The maximum atomic E-state index is 12.4. The Balaban J connectivity index is 2.05. The average molecular weight is 296 g/mol. The maximum Gasteiger partial charge on any atom is 0.176 e. The van der Waals surface area contributed by atoms with Gasteiger partial charge >= 0.3 is 0 Å². The summed E-state index contributed by atoms with van der Waals surface area (Å²) in [5.41, 5.74) is 0.659. The zero-order valence-corrected chi connectivity index (χ0v) is 12.9. The van der Waals surface area contributed by atoms with Gasteiger partial charge in [0, 0.05) is 11.6 Å². The van der Waals surface area contributed by atoms with E-state index in [1.807, 2.05) is 0 Å². The normalized spacial score (nSPS) is 20.4. The summed E-state index contributed by atoms with van der Waals surface area (Å²) in [5, 5.41) is 0.488. The van der Waals surface area contributed by atoms with Crippen LogP contribution in [-0.2, 0) is 0 Å². The Hall–Kier alpha value is -1.06. The number of halogens is 1. The van der Waals surface area contributed by atoms with E-state index in [9.17, 15) is 4.79 Å². The molecule has 20 heavy (non-hydrogen) atoms. The molecule has 1 atom stereocenters. The minimum atomic E-state index is 0.128. The van der Waals surface area contributed by atoms with Crippen LogP contribution in [0, 0.1) is 0 Å². The van der Waals surface area contributed by atoms with Crippen LogP contribution in [0.4, 0.5) is 0 Å². The molecule has 0 aromatic heterocycles. The zero-order valence-electron chi connectivity index (χ0n) is 12.2. The van der Waals surface area contributed by atoms with E-state index in [0.29, 0.717) is 28.9 Å². The van der Waals surface area contributed by atoms with Crippen molar-refractivity contribution in [3.63, 3.8) is 0 Å². The highest BCUT2D eigenvalue weighted by Gasteiger charge is 2.20. The van der Waals surface area contributed by atoms with Crippen LogP contribution < -0.4 is 4.74 Å². The maximum absolute atomic E-state index is 12.4. The molecular weight excluding hydrogens is 274 g/mol. The van der Waals surface area contributed by atoms with Gasteiger partial charge in [-0.1, -0.05) is 24.4 Å². The number of hydrogen-bond acceptors (Lipinski definition) is 3. The second-order valence-electron chi connectivity index (χ2n) is 5.44. The topological polar surface area (TPSA) is 29.5 Å². The number of hydrogen-bond donors (Lipinski definition) is 0. The second-order valence-corrected chi connectivity index (χ2v) is 5.85. The molecule has 110 valence electrons. The van der Waals surface area contributed by atoms with Gasteiger partial charge in [-0.3, -0.25) is 9.69 Å². The molecule has 0 saturated carbocycles. The molecule has 1 unspecified atom stereocenters. The number of benzene rings is 1. The molecule has 1 aromatic carbocycles. The Labute approximate surface area is 125 Å². The van der Waals surface area contributed by atoms with Gasteiger partial charge in [-0.2, -0.15) is 0 Å². The molecule has 0 radical (unpaired) electrons. The summed E-state index contributed by atoms with van der Waals surface area (Å²) < 4.78 is 5.11. The number of carbonyl (C=O) groups excluding carboxylic acids is 1. The van der Waals surface area contributed by atoms with E-state index >= 15 is 0 Å². The van der Waals surface area contributed by atoms with E-state index < -0.39 is 0 Å². The monoisotopic (exact) mass is 295 g/mol. The number of methoxy groups -OCH3 is 1. The van der Waals surface area contributed by atoms with Crippen LogP contribution in [0.5, 0.6) is 5.75 Å². The van der Waals surface area contributed by atoms with E-state index in [2.05, 4.69) is 11.8 Å². The van der Waals surface area contributed by atoms with Crippen molar-refractivity contribution in [1.29, 1.82) is 0 Å². The highest BCUT2D eigenvalue weighted by Crippen LogP contribution is 2.25. The Morgan fingerprint density at radius 3 is 2.90 bits per heavy atom. The van der Waals surface area contributed by atoms with Gasteiger partial charge in [0.1, 0.15) is 5.75 Å². The highest BCUT2D eigenvalue weighted by molar-refractivity contribution is 6.32. The van der Waals surface area contributed by atoms with E-state index in [4.69, 9.17) is 16.3 Å². The molecule has 1 saturated heterocycles. The van der Waals surface area contributed by atoms with Crippen molar-refractivity contribution >= 4 is 17.4 Å². The van der Waals surface area contributed by atoms with Crippen LogP contribution in [0.25, 0.3) is 0 Å². The molecule has 1 heterocycles. The van der Waals surface area contributed by atoms with Crippen LogP contribution in [0.2, 0.25) is 5.02 Å². The molecule has 2 rings (SSSR count). The number of Topliss-reactive ketones (excluding diaryl/α,β-unsaturated/α-hetero) is 1. The van der Waals surface area contributed by atoms with Crippen molar-refractivity contribution in [3.8, 4) is 5.75 Å². The quantitative estimate of drug-likeness (QED) is 0.791. The van der Waals surface area contributed by atoms with Crippen molar-refractivity contribution in [2.45, 2.75) is 38.6 Å². The number of ketones is 1.